The molecule has 0 aliphatic carbocycles. The number of aryl methyl sites for hydroxylation is 1. The number of nitrogens with zero attached hydrogens (tertiary/aromatic N) is 4. The number of rotatable bonds is 6. The Morgan fingerprint density at radius 2 is 2.12 bits per heavy atom. The standard InChI is InChI=1S/C13H16N6O3S2/c1-3-18-7-15-5-9(18)6-19-8-16-13-10(19)4-11(23-13)12(20)17-24(21,22)14-2/h4-5,7-8,14H,3,6H2,1-2H3,(H,17,20). The van der Waals surface area contributed by atoms with E-state index in [1.807, 2.05) is 25.5 Å². The van der Waals surface area contributed by atoms with E-state index in [4.69, 9.17) is 0 Å². The molecule has 3 heterocycles. The number of imidazole rings is 2. The molecule has 11 heteroatoms. The van der Waals surface area contributed by atoms with Gasteiger partial charge in [-0.1, -0.05) is 0 Å². The van der Waals surface area contributed by atoms with Gasteiger partial charge in [-0.2, -0.15) is 8.42 Å². The molecule has 3 aromatic heterocycles. The molecule has 0 aliphatic rings. The molecule has 0 atom stereocenters. The maximum atomic E-state index is 12.0. The Labute approximate surface area is 142 Å². The van der Waals surface area contributed by atoms with Crippen LogP contribution in [0.5, 0.6) is 0 Å². The zero-order valence-corrected chi connectivity index (χ0v) is 14.7. The predicted molar refractivity (Wildman–Crippen MR) is 90.1 cm³/mol. The fourth-order valence-corrected chi connectivity index (χ4v) is 3.68. The van der Waals surface area contributed by atoms with Gasteiger partial charge in [0.2, 0.25) is 0 Å². The van der Waals surface area contributed by atoms with Gasteiger partial charge in [0.1, 0.15) is 4.83 Å². The van der Waals surface area contributed by atoms with E-state index in [1.165, 1.54) is 7.05 Å². The lowest BCUT2D eigenvalue weighted by Crippen LogP contribution is -2.37. The van der Waals surface area contributed by atoms with Crippen LogP contribution >= 0.6 is 11.3 Å². The normalized spacial score (nSPS) is 11.9. The zero-order chi connectivity index (χ0) is 17.3. The van der Waals surface area contributed by atoms with E-state index in [1.54, 1.807) is 24.9 Å². The maximum Gasteiger partial charge on any atom is 0.301 e. The van der Waals surface area contributed by atoms with E-state index in [0.717, 1.165) is 29.1 Å². The van der Waals surface area contributed by atoms with Crippen molar-refractivity contribution in [3.8, 4) is 0 Å². The molecule has 9 nitrogen and oxygen atoms in total. The van der Waals surface area contributed by atoms with E-state index >= 15 is 0 Å². The van der Waals surface area contributed by atoms with Crippen molar-refractivity contribution in [2.75, 3.05) is 7.05 Å². The number of carbonyl (C=O) groups excluding carboxylic acids is 1. The summed E-state index contributed by atoms with van der Waals surface area (Å²) in [7, 11) is -2.60. The Balaban J connectivity index is 1.88. The highest BCUT2D eigenvalue weighted by Gasteiger charge is 2.18. The van der Waals surface area contributed by atoms with Gasteiger partial charge in [-0.05, 0) is 13.0 Å². The topological polar surface area (TPSA) is 111 Å². The van der Waals surface area contributed by atoms with Gasteiger partial charge < -0.3 is 9.13 Å². The van der Waals surface area contributed by atoms with Crippen LogP contribution in [0.2, 0.25) is 0 Å². The van der Waals surface area contributed by atoms with Crippen molar-refractivity contribution in [3.05, 3.63) is 35.5 Å². The summed E-state index contributed by atoms with van der Waals surface area (Å²) in [6, 6.07) is 1.64. The summed E-state index contributed by atoms with van der Waals surface area (Å²) in [5.74, 6) is -0.683. The second-order valence-corrected chi connectivity index (χ2v) is 7.63. The van der Waals surface area contributed by atoms with Crippen molar-refractivity contribution in [1.82, 2.24) is 28.5 Å². The number of amides is 1. The Hall–Kier alpha value is -2.24. The van der Waals surface area contributed by atoms with Crippen LogP contribution in [0.3, 0.4) is 0 Å². The first kappa shape index (κ1) is 16.6. The molecule has 0 radical (unpaired) electrons. The monoisotopic (exact) mass is 368 g/mol. The van der Waals surface area contributed by atoms with Crippen molar-refractivity contribution in [3.63, 3.8) is 0 Å². The van der Waals surface area contributed by atoms with Gasteiger partial charge in [0, 0.05) is 19.8 Å². The van der Waals surface area contributed by atoms with E-state index in [0.29, 0.717) is 11.4 Å². The summed E-state index contributed by atoms with van der Waals surface area (Å²) >= 11 is 1.14. The van der Waals surface area contributed by atoms with Gasteiger partial charge in [0.15, 0.2) is 0 Å². The highest BCUT2D eigenvalue weighted by Crippen LogP contribution is 2.25. The van der Waals surface area contributed by atoms with Crippen LogP contribution in [-0.2, 0) is 23.3 Å². The van der Waals surface area contributed by atoms with Crippen LogP contribution in [0.4, 0.5) is 0 Å². The molecule has 0 fully saturated rings. The van der Waals surface area contributed by atoms with Gasteiger partial charge in [0.05, 0.1) is 35.3 Å². The van der Waals surface area contributed by atoms with Gasteiger partial charge in [-0.3, -0.25) is 4.79 Å². The summed E-state index contributed by atoms with van der Waals surface area (Å²) in [4.78, 5) is 21.4. The van der Waals surface area contributed by atoms with Crippen LogP contribution in [0.25, 0.3) is 10.3 Å². The van der Waals surface area contributed by atoms with Gasteiger partial charge >= 0.3 is 10.2 Å². The lowest BCUT2D eigenvalue weighted by atomic mass is 10.4. The molecule has 0 spiro atoms. The molecule has 0 unspecified atom stereocenters. The quantitative estimate of drug-likeness (QED) is 0.660. The second kappa shape index (κ2) is 6.34. The molecule has 0 bridgehead atoms. The third kappa shape index (κ3) is 3.18. The molecule has 0 aromatic carbocycles. The van der Waals surface area contributed by atoms with E-state index in [-0.39, 0.29) is 4.88 Å². The largest absolute Gasteiger partial charge is 0.333 e. The summed E-state index contributed by atoms with van der Waals surface area (Å²) in [5.41, 5.74) is 1.79. The van der Waals surface area contributed by atoms with Crippen molar-refractivity contribution < 1.29 is 13.2 Å². The average Bonchev–Trinajstić information content (AvgIpc) is 3.24. The van der Waals surface area contributed by atoms with Crippen molar-refractivity contribution >= 4 is 37.8 Å². The maximum absolute atomic E-state index is 12.0. The van der Waals surface area contributed by atoms with E-state index in [9.17, 15) is 13.2 Å². The number of hydrogen-bond donors (Lipinski definition) is 2. The van der Waals surface area contributed by atoms with Crippen LogP contribution in [0.15, 0.2) is 24.9 Å². The fraction of sp³-hybridized carbons (Fsp3) is 0.308. The summed E-state index contributed by atoms with van der Waals surface area (Å²) in [6.45, 7) is 3.41. The molecular formula is C13H16N6O3S2. The molecule has 2 N–H and O–H groups in total. The Morgan fingerprint density at radius 1 is 1.33 bits per heavy atom. The number of aromatic nitrogens is 4. The summed E-state index contributed by atoms with van der Waals surface area (Å²) in [5, 5.41) is 0. The van der Waals surface area contributed by atoms with E-state index < -0.39 is 16.1 Å². The first-order chi connectivity index (χ1) is 11.4. The van der Waals surface area contributed by atoms with Crippen LogP contribution in [-0.4, -0.2) is 40.5 Å². The number of nitrogens with one attached hydrogen (secondary N) is 2. The Morgan fingerprint density at radius 3 is 2.83 bits per heavy atom. The fourth-order valence-electron chi connectivity index (χ4n) is 2.25. The van der Waals surface area contributed by atoms with Gasteiger partial charge in [0.25, 0.3) is 5.91 Å². The SMILES string of the molecule is CCn1cncc1Cn1cnc2sc(C(=O)NS(=O)(=O)NC)cc21. The number of carbonyl (C=O) groups is 1. The molecule has 128 valence electrons. The molecule has 0 aliphatic heterocycles. The number of hydrogen-bond acceptors (Lipinski definition) is 6. The van der Waals surface area contributed by atoms with E-state index in [2.05, 4.69) is 9.97 Å². The summed E-state index contributed by atoms with van der Waals surface area (Å²) in [6.07, 6.45) is 5.24. The van der Waals surface area contributed by atoms with Crippen molar-refractivity contribution in [2.45, 2.75) is 20.0 Å². The third-order valence-electron chi connectivity index (χ3n) is 3.51. The molecule has 3 aromatic rings. The molecule has 1 amide bonds. The molecular weight excluding hydrogens is 352 g/mol. The second-order valence-electron chi connectivity index (χ2n) is 4.98. The Bertz CT molecular complexity index is 985. The van der Waals surface area contributed by atoms with Crippen molar-refractivity contribution in [2.24, 2.45) is 0 Å². The van der Waals surface area contributed by atoms with Gasteiger partial charge in [-0.25, -0.2) is 19.4 Å². The van der Waals surface area contributed by atoms with Crippen LogP contribution in [0.1, 0.15) is 22.3 Å². The highest BCUT2D eigenvalue weighted by atomic mass is 32.2. The van der Waals surface area contributed by atoms with Gasteiger partial charge in [-0.15, -0.1) is 11.3 Å². The highest BCUT2D eigenvalue weighted by molar-refractivity contribution is 7.88. The zero-order valence-electron chi connectivity index (χ0n) is 13.1. The van der Waals surface area contributed by atoms with Crippen LogP contribution in [0, 0.1) is 0 Å². The molecule has 0 saturated heterocycles. The first-order valence-corrected chi connectivity index (χ1v) is 9.42. The summed E-state index contributed by atoms with van der Waals surface area (Å²) < 4.78 is 30.7. The molecule has 0 saturated carbocycles. The third-order valence-corrected chi connectivity index (χ3v) is 5.53. The first-order valence-electron chi connectivity index (χ1n) is 7.12. The van der Waals surface area contributed by atoms with Crippen molar-refractivity contribution in [1.29, 1.82) is 0 Å². The Kier molecular flexibility index (Phi) is 4.39. The molecule has 24 heavy (non-hydrogen) atoms. The average molecular weight is 368 g/mol. The predicted octanol–water partition coefficient (Wildman–Crippen LogP) is 0.556. The molecule has 3 rings (SSSR count). The minimum absolute atomic E-state index is 0.282. The minimum atomic E-state index is -3.83. The van der Waals surface area contributed by atoms with Crippen LogP contribution < -0.4 is 9.44 Å². The lowest BCUT2D eigenvalue weighted by molar-refractivity contribution is 0.0985. The number of thiophene rings is 1. The number of fused-ring (bicyclic) bond motifs is 1. The lowest BCUT2D eigenvalue weighted by Gasteiger charge is -2.06. The smallest absolute Gasteiger partial charge is 0.301 e. The minimum Gasteiger partial charge on any atom is -0.333 e.